The molecule has 4 aromatic rings. The van der Waals surface area contributed by atoms with Crippen LogP contribution in [-0.2, 0) is 5.41 Å². The number of allylic oxidation sites excluding steroid dienone is 1. The predicted octanol–water partition coefficient (Wildman–Crippen LogP) is 5.91. The Hall–Kier alpha value is -3.13. The fourth-order valence-corrected chi connectivity index (χ4v) is 8.38. The Morgan fingerprint density at radius 2 is 1.53 bits per heavy atom. The third kappa shape index (κ3) is 2.68. The van der Waals surface area contributed by atoms with Gasteiger partial charge in [0, 0.05) is 0 Å². The van der Waals surface area contributed by atoms with Crippen LogP contribution < -0.4 is 4.90 Å². The number of hydrogen-bond donors (Lipinski definition) is 0. The summed E-state index contributed by atoms with van der Waals surface area (Å²) in [7, 11) is 0. The molecule has 4 nitrogen and oxygen atoms in total. The zero-order chi connectivity index (χ0) is 22.0. The van der Waals surface area contributed by atoms with E-state index in [-0.39, 0.29) is 22.6 Å². The van der Waals surface area contributed by atoms with Gasteiger partial charge in [-0.15, -0.1) is 0 Å². The van der Waals surface area contributed by atoms with E-state index in [1.165, 1.54) is 33.0 Å². The number of rotatable bonds is 2. The summed E-state index contributed by atoms with van der Waals surface area (Å²) in [6.07, 6.45) is 4.57. The van der Waals surface area contributed by atoms with Crippen LogP contribution in [-0.4, -0.2) is 32.0 Å². The van der Waals surface area contributed by atoms with Crippen LogP contribution >= 0.6 is 0 Å². The minimum absolute atomic E-state index is 0.165. The number of hydrogen-bond acceptors (Lipinski definition) is 4. The number of carbonyl (C=O) groups is 2. The van der Waals surface area contributed by atoms with Gasteiger partial charge in [0.15, 0.2) is 0 Å². The summed E-state index contributed by atoms with van der Waals surface area (Å²) in [6, 6.07) is 21.2. The van der Waals surface area contributed by atoms with Gasteiger partial charge in [0.25, 0.3) is 0 Å². The molecule has 0 radical (unpaired) electrons. The molecular formula is C27H19NO3Te. The van der Waals surface area contributed by atoms with E-state index in [0.717, 1.165) is 9.27 Å². The number of para-hydroxylation sites is 2. The third-order valence-electron chi connectivity index (χ3n) is 6.37. The first-order valence-electron chi connectivity index (χ1n) is 10.4. The molecule has 0 saturated carbocycles. The van der Waals surface area contributed by atoms with Crippen LogP contribution in [0.1, 0.15) is 49.3 Å². The van der Waals surface area contributed by atoms with Crippen molar-refractivity contribution in [1.82, 2.24) is 0 Å². The number of anilines is 3. The molecule has 0 fully saturated rings. The Bertz CT molecular complexity index is 1410. The number of furan rings is 1. The summed E-state index contributed by atoms with van der Waals surface area (Å²) in [5, 5.41) is 0. The number of ketones is 2. The van der Waals surface area contributed by atoms with Crippen molar-refractivity contribution in [1.29, 1.82) is 0 Å². The summed E-state index contributed by atoms with van der Waals surface area (Å²) in [6.45, 7) is 4.51. The van der Waals surface area contributed by atoms with Gasteiger partial charge in [0.1, 0.15) is 0 Å². The van der Waals surface area contributed by atoms with E-state index >= 15 is 0 Å². The Kier molecular flexibility index (Phi) is 4.24. The average Bonchev–Trinajstić information content (AvgIpc) is 3.50. The number of nitrogens with zero attached hydrogens (tertiary/aromatic N) is 1. The Morgan fingerprint density at radius 1 is 0.875 bits per heavy atom. The molecule has 0 amide bonds. The van der Waals surface area contributed by atoms with Gasteiger partial charge in [0.05, 0.1) is 0 Å². The molecule has 0 spiro atoms. The first-order chi connectivity index (χ1) is 15.5. The molecule has 0 bridgehead atoms. The quantitative estimate of drug-likeness (QED) is 0.183. The summed E-state index contributed by atoms with van der Waals surface area (Å²) in [5.41, 5.74) is 5.71. The summed E-state index contributed by atoms with van der Waals surface area (Å²) < 4.78 is 7.47. The van der Waals surface area contributed by atoms with Crippen LogP contribution in [0.5, 0.6) is 0 Å². The van der Waals surface area contributed by atoms with Crippen LogP contribution in [0.25, 0.3) is 6.08 Å². The molecule has 2 aliphatic rings. The fraction of sp³-hybridized carbons (Fsp3) is 0.111. The molecule has 6 rings (SSSR count). The zero-order valence-corrected chi connectivity index (χ0v) is 19.9. The van der Waals surface area contributed by atoms with Crippen LogP contribution in [0.2, 0.25) is 0 Å². The van der Waals surface area contributed by atoms with Gasteiger partial charge >= 0.3 is 196 Å². The van der Waals surface area contributed by atoms with Crippen molar-refractivity contribution in [2.24, 2.45) is 0 Å². The Labute approximate surface area is 195 Å². The van der Waals surface area contributed by atoms with Crippen molar-refractivity contribution in [3.63, 3.8) is 0 Å². The molecule has 1 aliphatic heterocycles. The second-order valence-electron chi connectivity index (χ2n) is 8.60. The molecule has 1 aliphatic carbocycles. The number of benzene rings is 2. The van der Waals surface area contributed by atoms with Crippen molar-refractivity contribution in [3.8, 4) is 0 Å². The number of Topliss-reactive ketones (excluding diaryl/α,β-unsaturated/α-hetero) is 2. The van der Waals surface area contributed by atoms with Crippen molar-refractivity contribution in [2.45, 2.75) is 19.3 Å². The molecular weight excluding hydrogens is 514 g/mol. The number of fused-ring (bicyclic) bond motifs is 3. The van der Waals surface area contributed by atoms with Gasteiger partial charge in [-0.3, -0.25) is 0 Å². The number of carbonyl (C=O) groups excluding carboxylic acids is 2. The monoisotopic (exact) mass is 535 g/mol. The van der Waals surface area contributed by atoms with Gasteiger partial charge < -0.3 is 0 Å². The summed E-state index contributed by atoms with van der Waals surface area (Å²) >= 11 is -0.820. The molecule has 32 heavy (non-hydrogen) atoms. The van der Waals surface area contributed by atoms with E-state index in [0.29, 0.717) is 11.1 Å². The maximum atomic E-state index is 12.8. The first-order valence-corrected chi connectivity index (χ1v) is 12.8. The second kappa shape index (κ2) is 6.93. The van der Waals surface area contributed by atoms with E-state index in [2.05, 4.69) is 73.3 Å². The van der Waals surface area contributed by atoms with Gasteiger partial charge in [-0.2, -0.15) is 0 Å². The van der Waals surface area contributed by atoms with Crippen molar-refractivity contribution < 1.29 is 14.0 Å². The normalized spacial score (nSPS) is 16.1. The van der Waals surface area contributed by atoms with E-state index in [9.17, 15) is 9.59 Å². The van der Waals surface area contributed by atoms with Crippen LogP contribution in [0, 0.1) is 0 Å². The van der Waals surface area contributed by atoms with E-state index in [1.54, 1.807) is 0 Å². The third-order valence-corrected chi connectivity index (χ3v) is 9.41. The molecule has 2 aromatic heterocycles. The minimum atomic E-state index is -0.820. The molecule has 0 unspecified atom stereocenters. The maximum absolute atomic E-state index is 12.8. The van der Waals surface area contributed by atoms with E-state index < -0.39 is 20.4 Å². The molecule has 2 aromatic carbocycles. The molecule has 0 atom stereocenters. The van der Waals surface area contributed by atoms with Crippen LogP contribution in [0.15, 0.2) is 83.2 Å². The summed E-state index contributed by atoms with van der Waals surface area (Å²) in [5.74, 6) is -0.473. The Balaban J connectivity index is 1.54. The van der Waals surface area contributed by atoms with Gasteiger partial charge in [0.2, 0.25) is 0 Å². The van der Waals surface area contributed by atoms with Gasteiger partial charge in [-0.25, -0.2) is 0 Å². The predicted molar refractivity (Wildman–Crippen MR) is 126 cm³/mol. The van der Waals surface area contributed by atoms with Crippen LogP contribution in [0.3, 0.4) is 0 Å². The zero-order valence-electron chi connectivity index (χ0n) is 17.6. The van der Waals surface area contributed by atoms with E-state index in [1.807, 2.05) is 12.1 Å². The average molecular weight is 533 g/mol. The van der Waals surface area contributed by atoms with Crippen LogP contribution in [0.4, 0.5) is 15.1 Å². The van der Waals surface area contributed by atoms with Crippen molar-refractivity contribution in [2.75, 3.05) is 4.90 Å². The molecule has 0 saturated heterocycles. The van der Waals surface area contributed by atoms with Crippen molar-refractivity contribution >= 4 is 53.2 Å². The first kappa shape index (κ1) is 19.5. The molecule has 3 heterocycles. The molecule has 5 heteroatoms. The molecule has 0 N–H and O–H groups in total. The SMILES string of the molecule is CC1(C)c2ccccc2N(c2ccccc2)c2[te]c(C=C3C(=O)c4cocc4C3=O)cc21. The topological polar surface area (TPSA) is 50.5 Å². The van der Waals surface area contributed by atoms with Crippen molar-refractivity contribution in [3.05, 3.63) is 105 Å². The fourth-order valence-electron chi connectivity index (χ4n) is 4.69. The Morgan fingerprint density at radius 3 is 2.25 bits per heavy atom. The summed E-state index contributed by atoms with van der Waals surface area (Å²) in [4.78, 5) is 27.9. The molecule has 156 valence electrons. The van der Waals surface area contributed by atoms with E-state index in [4.69, 9.17) is 4.42 Å². The standard InChI is InChI=1S/C27H19NO3Te/c1-27(2)21-10-6-7-11-23(21)28(16-8-4-3-5-9-16)26-22(27)13-17(32-26)12-18-24(29)19-14-31-15-20(19)25(18)30/h3-15H,1-2H3. The van der Waals surface area contributed by atoms with Gasteiger partial charge in [-0.05, 0) is 0 Å². The second-order valence-corrected chi connectivity index (χ2v) is 11.6. The van der Waals surface area contributed by atoms with Gasteiger partial charge in [-0.1, -0.05) is 0 Å².